The van der Waals surface area contributed by atoms with Crippen molar-refractivity contribution >= 4 is 21.8 Å². The number of methoxy groups -OCH3 is 1. The van der Waals surface area contributed by atoms with Gasteiger partial charge < -0.3 is 20.2 Å². The minimum Gasteiger partial charge on any atom is -0.496 e. The number of para-hydroxylation sites is 1. The average molecular weight is 370 g/mol. The van der Waals surface area contributed by atoms with Crippen LogP contribution < -0.4 is 10.5 Å². The van der Waals surface area contributed by atoms with Crippen LogP contribution in [0.25, 0.3) is 0 Å². The molecule has 0 unspecified atom stereocenters. The van der Waals surface area contributed by atoms with E-state index in [-0.39, 0.29) is 31.4 Å². The molecule has 0 aliphatic carbocycles. The standard InChI is InChI=1S/C15H22N4O5S/c1-23-13-6-4-3-5-12(13)15(16)17-24-11-14(20)18-7-9-19(10-8-18)25(2,21)22/h3-6H,7-11H2,1-2H3,(H2,16,17). The lowest BCUT2D eigenvalue weighted by molar-refractivity contribution is -0.137. The minimum atomic E-state index is -3.23. The van der Waals surface area contributed by atoms with Crippen LogP contribution in [0.5, 0.6) is 5.75 Å². The van der Waals surface area contributed by atoms with Crippen molar-refractivity contribution in [3.05, 3.63) is 29.8 Å². The van der Waals surface area contributed by atoms with Crippen LogP contribution in [0.1, 0.15) is 5.56 Å². The maximum Gasteiger partial charge on any atom is 0.263 e. The molecular formula is C15H22N4O5S. The molecule has 25 heavy (non-hydrogen) atoms. The number of oxime groups is 1. The van der Waals surface area contributed by atoms with Crippen molar-refractivity contribution in [3.63, 3.8) is 0 Å². The molecule has 1 aliphatic rings. The number of nitrogens with two attached hydrogens (primary N) is 1. The zero-order valence-electron chi connectivity index (χ0n) is 14.2. The molecule has 1 fully saturated rings. The Labute approximate surface area is 147 Å². The lowest BCUT2D eigenvalue weighted by Gasteiger charge is -2.32. The first kappa shape index (κ1) is 19.0. The van der Waals surface area contributed by atoms with Crippen LogP contribution in [0.3, 0.4) is 0 Å². The van der Waals surface area contributed by atoms with Gasteiger partial charge in [0.05, 0.1) is 18.9 Å². The molecule has 9 nitrogen and oxygen atoms in total. The SMILES string of the molecule is COc1ccccc1/C(N)=N/OCC(=O)N1CCN(S(C)(=O)=O)CC1. The molecule has 1 amide bonds. The van der Waals surface area contributed by atoms with Gasteiger partial charge in [0.15, 0.2) is 12.4 Å². The molecule has 10 heteroatoms. The van der Waals surface area contributed by atoms with Crippen LogP contribution >= 0.6 is 0 Å². The number of amidine groups is 1. The highest BCUT2D eigenvalue weighted by atomic mass is 32.2. The van der Waals surface area contributed by atoms with E-state index in [1.54, 1.807) is 24.3 Å². The Kier molecular flexibility index (Phi) is 6.21. The molecule has 138 valence electrons. The second kappa shape index (κ2) is 8.17. The lowest BCUT2D eigenvalue weighted by atomic mass is 10.2. The lowest BCUT2D eigenvalue weighted by Crippen LogP contribution is -2.51. The summed E-state index contributed by atoms with van der Waals surface area (Å²) in [4.78, 5) is 18.7. The van der Waals surface area contributed by atoms with Gasteiger partial charge in [-0.3, -0.25) is 4.79 Å². The summed E-state index contributed by atoms with van der Waals surface area (Å²) in [6.45, 7) is 0.922. The molecule has 1 saturated heterocycles. The molecule has 1 aliphatic heterocycles. The minimum absolute atomic E-state index is 0.104. The van der Waals surface area contributed by atoms with E-state index in [2.05, 4.69) is 5.16 Å². The predicted molar refractivity (Wildman–Crippen MR) is 92.7 cm³/mol. The third-order valence-corrected chi connectivity index (χ3v) is 5.10. The molecule has 0 aromatic heterocycles. The molecule has 1 aromatic carbocycles. The number of nitrogens with zero attached hydrogens (tertiary/aromatic N) is 3. The van der Waals surface area contributed by atoms with Gasteiger partial charge in [0.25, 0.3) is 5.91 Å². The van der Waals surface area contributed by atoms with Gasteiger partial charge in [0, 0.05) is 26.2 Å². The van der Waals surface area contributed by atoms with E-state index in [1.807, 2.05) is 0 Å². The Morgan fingerprint density at radius 1 is 1.24 bits per heavy atom. The number of carbonyl (C=O) groups excluding carboxylic acids is 1. The van der Waals surface area contributed by atoms with Gasteiger partial charge >= 0.3 is 0 Å². The van der Waals surface area contributed by atoms with E-state index >= 15 is 0 Å². The van der Waals surface area contributed by atoms with Crippen molar-refractivity contribution in [2.45, 2.75) is 0 Å². The topological polar surface area (TPSA) is 115 Å². The first-order valence-electron chi connectivity index (χ1n) is 7.64. The van der Waals surface area contributed by atoms with Crippen LogP contribution in [0, 0.1) is 0 Å². The van der Waals surface area contributed by atoms with E-state index in [0.29, 0.717) is 24.4 Å². The Bertz CT molecular complexity index is 742. The van der Waals surface area contributed by atoms with Gasteiger partial charge in [0.2, 0.25) is 10.0 Å². The highest BCUT2D eigenvalue weighted by Gasteiger charge is 2.26. The number of benzene rings is 1. The molecule has 0 radical (unpaired) electrons. The molecule has 0 spiro atoms. The van der Waals surface area contributed by atoms with Crippen molar-refractivity contribution in [1.29, 1.82) is 0 Å². The Balaban J connectivity index is 1.86. The van der Waals surface area contributed by atoms with E-state index in [0.717, 1.165) is 6.26 Å². The van der Waals surface area contributed by atoms with Crippen LogP contribution in [0.2, 0.25) is 0 Å². The number of hydrogen-bond acceptors (Lipinski definition) is 6. The summed E-state index contributed by atoms with van der Waals surface area (Å²) in [6.07, 6.45) is 1.16. The van der Waals surface area contributed by atoms with Crippen molar-refractivity contribution in [2.24, 2.45) is 10.9 Å². The highest BCUT2D eigenvalue weighted by Crippen LogP contribution is 2.16. The molecular weight excluding hydrogens is 348 g/mol. The van der Waals surface area contributed by atoms with Crippen LogP contribution in [0.15, 0.2) is 29.4 Å². The number of rotatable bonds is 6. The van der Waals surface area contributed by atoms with E-state index in [9.17, 15) is 13.2 Å². The van der Waals surface area contributed by atoms with Gasteiger partial charge in [-0.2, -0.15) is 4.31 Å². The van der Waals surface area contributed by atoms with Crippen LogP contribution in [-0.2, 0) is 19.7 Å². The summed E-state index contributed by atoms with van der Waals surface area (Å²) in [5.41, 5.74) is 6.42. The third-order valence-electron chi connectivity index (χ3n) is 3.79. The number of amides is 1. The zero-order valence-corrected chi connectivity index (χ0v) is 15.0. The Morgan fingerprint density at radius 3 is 2.48 bits per heavy atom. The number of carbonyl (C=O) groups is 1. The first-order valence-corrected chi connectivity index (χ1v) is 9.49. The van der Waals surface area contributed by atoms with Gasteiger partial charge in [-0.05, 0) is 12.1 Å². The average Bonchev–Trinajstić information content (AvgIpc) is 2.60. The molecule has 1 heterocycles. The van der Waals surface area contributed by atoms with Crippen LogP contribution in [0.4, 0.5) is 0 Å². The monoisotopic (exact) mass is 370 g/mol. The van der Waals surface area contributed by atoms with Gasteiger partial charge in [-0.15, -0.1) is 0 Å². The fourth-order valence-electron chi connectivity index (χ4n) is 2.42. The van der Waals surface area contributed by atoms with E-state index in [1.165, 1.54) is 16.3 Å². The third kappa shape index (κ3) is 5.07. The van der Waals surface area contributed by atoms with Gasteiger partial charge in [0.1, 0.15) is 5.75 Å². The van der Waals surface area contributed by atoms with E-state index < -0.39 is 10.0 Å². The summed E-state index contributed by atoms with van der Waals surface area (Å²) in [6, 6.07) is 7.06. The fourth-order valence-corrected chi connectivity index (χ4v) is 3.25. The predicted octanol–water partition coefficient (Wildman–Crippen LogP) is -0.564. The largest absolute Gasteiger partial charge is 0.496 e. The molecule has 0 atom stereocenters. The Morgan fingerprint density at radius 2 is 1.88 bits per heavy atom. The van der Waals surface area contributed by atoms with Crippen molar-refractivity contribution in [1.82, 2.24) is 9.21 Å². The van der Waals surface area contributed by atoms with Gasteiger partial charge in [-0.25, -0.2) is 8.42 Å². The number of piperazine rings is 1. The first-order chi connectivity index (χ1) is 11.8. The summed E-state index contributed by atoms with van der Waals surface area (Å²) in [7, 11) is -1.71. The summed E-state index contributed by atoms with van der Waals surface area (Å²) < 4.78 is 29.4. The number of ether oxygens (including phenoxy) is 1. The Hall–Kier alpha value is -2.33. The molecule has 2 rings (SSSR count). The van der Waals surface area contributed by atoms with E-state index in [4.69, 9.17) is 15.3 Å². The quantitative estimate of drug-likeness (QED) is 0.408. The summed E-state index contributed by atoms with van der Waals surface area (Å²) >= 11 is 0. The maximum atomic E-state index is 12.1. The highest BCUT2D eigenvalue weighted by molar-refractivity contribution is 7.88. The second-order valence-corrected chi connectivity index (χ2v) is 7.48. The molecule has 0 saturated carbocycles. The molecule has 0 bridgehead atoms. The summed E-state index contributed by atoms with van der Waals surface area (Å²) in [5.74, 6) is 0.382. The molecule has 2 N–H and O–H groups in total. The maximum absolute atomic E-state index is 12.1. The smallest absolute Gasteiger partial charge is 0.263 e. The van der Waals surface area contributed by atoms with Crippen molar-refractivity contribution in [2.75, 3.05) is 46.2 Å². The van der Waals surface area contributed by atoms with Gasteiger partial charge in [-0.1, -0.05) is 17.3 Å². The fraction of sp³-hybridized carbons (Fsp3) is 0.467. The normalized spacial score (nSPS) is 16.6. The second-order valence-electron chi connectivity index (χ2n) is 5.49. The molecule has 1 aromatic rings. The summed E-state index contributed by atoms with van der Waals surface area (Å²) in [5, 5.41) is 3.75. The number of sulfonamides is 1. The van der Waals surface area contributed by atoms with Crippen molar-refractivity contribution in [3.8, 4) is 5.75 Å². The van der Waals surface area contributed by atoms with Crippen LogP contribution in [-0.4, -0.2) is 75.5 Å². The number of hydrogen-bond donors (Lipinski definition) is 1. The zero-order chi connectivity index (χ0) is 18.4. The van der Waals surface area contributed by atoms with Crippen molar-refractivity contribution < 1.29 is 22.8 Å².